The molecule has 21 heavy (non-hydrogen) atoms. The summed E-state index contributed by atoms with van der Waals surface area (Å²) in [6.07, 6.45) is 0.659. The molecule has 112 valence electrons. The number of hydrogen-bond acceptors (Lipinski definition) is 2. The SMILES string of the molecule is CCCOc1cccc(C(O)Cc2cc(F)ccc2C)c1. The topological polar surface area (TPSA) is 29.5 Å². The van der Waals surface area contributed by atoms with E-state index in [1.807, 2.05) is 38.1 Å². The van der Waals surface area contributed by atoms with Crippen LogP contribution in [0.4, 0.5) is 4.39 Å². The molecule has 0 heterocycles. The molecule has 0 aromatic heterocycles. The molecule has 0 radical (unpaired) electrons. The van der Waals surface area contributed by atoms with E-state index in [0.717, 1.165) is 28.9 Å². The Labute approximate surface area is 125 Å². The van der Waals surface area contributed by atoms with Crippen LogP contribution in [0.1, 0.15) is 36.1 Å². The zero-order valence-corrected chi connectivity index (χ0v) is 12.5. The fourth-order valence-electron chi connectivity index (χ4n) is 2.22. The Balaban J connectivity index is 2.12. The lowest BCUT2D eigenvalue weighted by Gasteiger charge is -2.14. The highest BCUT2D eigenvalue weighted by Crippen LogP contribution is 2.24. The molecule has 2 aromatic carbocycles. The van der Waals surface area contributed by atoms with Gasteiger partial charge in [0.1, 0.15) is 11.6 Å². The molecule has 0 aliphatic heterocycles. The fourth-order valence-corrected chi connectivity index (χ4v) is 2.22. The molecule has 1 atom stereocenters. The summed E-state index contributed by atoms with van der Waals surface area (Å²) in [6, 6.07) is 12.1. The van der Waals surface area contributed by atoms with E-state index in [4.69, 9.17) is 4.74 Å². The number of aliphatic hydroxyl groups is 1. The number of hydrogen-bond donors (Lipinski definition) is 1. The van der Waals surface area contributed by atoms with Crippen molar-refractivity contribution in [2.45, 2.75) is 32.8 Å². The zero-order chi connectivity index (χ0) is 15.2. The lowest BCUT2D eigenvalue weighted by molar-refractivity contribution is 0.177. The Kier molecular flexibility index (Phi) is 5.34. The highest BCUT2D eigenvalue weighted by Gasteiger charge is 2.12. The average molecular weight is 288 g/mol. The molecule has 0 aliphatic carbocycles. The van der Waals surface area contributed by atoms with Crippen LogP contribution in [0.25, 0.3) is 0 Å². The lowest BCUT2D eigenvalue weighted by Crippen LogP contribution is -2.04. The van der Waals surface area contributed by atoms with Gasteiger partial charge in [-0.25, -0.2) is 4.39 Å². The second kappa shape index (κ2) is 7.23. The van der Waals surface area contributed by atoms with E-state index in [0.29, 0.717) is 13.0 Å². The lowest BCUT2D eigenvalue weighted by atomic mass is 9.98. The number of halogens is 1. The molecule has 0 bridgehead atoms. The second-order valence-corrected chi connectivity index (χ2v) is 5.21. The minimum absolute atomic E-state index is 0.275. The van der Waals surface area contributed by atoms with Crippen LogP contribution >= 0.6 is 0 Å². The largest absolute Gasteiger partial charge is 0.494 e. The molecule has 2 aromatic rings. The molecule has 0 aliphatic rings. The van der Waals surface area contributed by atoms with Gasteiger partial charge in [0, 0.05) is 6.42 Å². The van der Waals surface area contributed by atoms with Crippen molar-refractivity contribution in [1.82, 2.24) is 0 Å². The summed E-state index contributed by atoms with van der Waals surface area (Å²) in [5.41, 5.74) is 2.59. The number of aryl methyl sites for hydroxylation is 1. The van der Waals surface area contributed by atoms with Crippen molar-refractivity contribution in [2.75, 3.05) is 6.61 Å². The molecule has 2 nitrogen and oxygen atoms in total. The molecule has 1 N–H and O–H groups in total. The van der Waals surface area contributed by atoms with E-state index in [1.165, 1.54) is 12.1 Å². The number of ether oxygens (including phenoxy) is 1. The van der Waals surface area contributed by atoms with Gasteiger partial charge >= 0.3 is 0 Å². The van der Waals surface area contributed by atoms with Crippen molar-refractivity contribution >= 4 is 0 Å². The van der Waals surface area contributed by atoms with Gasteiger partial charge in [-0.2, -0.15) is 0 Å². The number of benzene rings is 2. The van der Waals surface area contributed by atoms with Crippen molar-refractivity contribution in [3.05, 3.63) is 65.0 Å². The summed E-state index contributed by atoms with van der Waals surface area (Å²) < 4.78 is 18.9. The van der Waals surface area contributed by atoms with Crippen LogP contribution in [-0.2, 0) is 6.42 Å². The van der Waals surface area contributed by atoms with Gasteiger partial charge < -0.3 is 9.84 Å². The Morgan fingerprint density at radius 3 is 2.76 bits per heavy atom. The van der Waals surface area contributed by atoms with Crippen LogP contribution in [-0.4, -0.2) is 11.7 Å². The van der Waals surface area contributed by atoms with Gasteiger partial charge in [0.25, 0.3) is 0 Å². The van der Waals surface area contributed by atoms with E-state index in [1.54, 1.807) is 6.07 Å². The first-order valence-electron chi connectivity index (χ1n) is 7.26. The summed E-state index contributed by atoms with van der Waals surface area (Å²) in [7, 11) is 0. The van der Waals surface area contributed by atoms with Crippen molar-refractivity contribution in [2.24, 2.45) is 0 Å². The van der Waals surface area contributed by atoms with Crippen LogP contribution in [0.3, 0.4) is 0 Å². The molecular weight excluding hydrogens is 267 g/mol. The van der Waals surface area contributed by atoms with Gasteiger partial charge in [-0.15, -0.1) is 0 Å². The summed E-state index contributed by atoms with van der Waals surface area (Å²) in [4.78, 5) is 0. The molecule has 0 amide bonds. The smallest absolute Gasteiger partial charge is 0.123 e. The van der Waals surface area contributed by atoms with Gasteiger partial charge in [-0.05, 0) is 54.3 Å². The summed E-state index contributed by atoms with van der Waals surface area (Å²) in [5.74, 6) is 0.479. The Hall–Kier alpha value is -1.87. The molecule has 1 unspecified atom stereocenters. The average Bonchev–Trinajstić information content (AvgIpc) is 2.49. The van der Waals surface area contributed by atoms with Crippen LogP contribution < -0.4 is 4.74 Å². The summed E-state index contributed by atoms with van der Waals surface area (Å²) in [6.45, 7) is 4.62. The quantitative estimate of drug-likeness (QED) is 0.863. The molecule has 3 heteroatoms. The van der Waals surface area contributed by atoms with Crippen molar-refractivity contribution in [3.8, 4) is 5.75 Å². The summed E-state index contributed by atoms with van der Waals surface area (Å²) in [5, 5.41) is 10.4. The predicted octanol–water partition coefficient (Wildman–Crippen LogP) is 4.20. The second-order valence-electron chi connectivity index (χ2n) is 5.21. The first kappa shape index (κ1) is 15.5. The van der Waals surface area contributed by atoms with Crippen LogP contribution in [0.15, 0.2) is 42.5 Å². The normalized spacial score (nSPS) is 12.2. The predicted molar refractivity (Wildman–Crippen MR) is 82.0 cm³/mol. The number of rotatable bonds is 6. The van der Waals surface area contributed by atoms with E-state index in [9.17, 15) is 9.50 Å². The van der Waals surface area contributed by atoms with E-state index >= 15 is 0 Å². The van der Waals surface area contributed by atoms with Crippen LogP contribution in [0.2, 0.25) is 0 Å². The van der Waals surface area contributed by atoms with Crippen molar-refractivity contribution in [1.29, 1.82) is 0 Å². The molecule has 0 spiro atoms. The van der Waals surface area contributed by atoms with E-state index < -0.39 is 6.10 Å². The molecule has 0 saturated carbocycles. The monoisotopic (exact) mass is 288 g/mol. The minimum atomic E-state index is -0.671. The van der Waals surface area contributed by atoms with Crippen molar-refractivity contribution in [3.63, 3.8) is 0 Å². The molecule has 0 saturated heterocycles. The Morgan fingerprint density at radius 1 is 1.19 bits per heavy atom. The number of aliphatic hydroxyl groups excluding tert-OH is 1. The van der Waals surface area contributed by atoms with Gasteiger partial charge in [0.05, 0.1) is 12.7 Å². The molecule has 0 fully saturated rings. The highest BCUT2D eigenvalue weighted by atomic mass is 19.1. The van der Waals surface area contributed by atoms with Crippen LogP contribution in [0.5, 0.6) is 5.75 Å². The Morgan fingerprint density at radius 2 is 2.00 bits per heavy atom. The van der Waals surface area contributed by atoms with Gasteiger partial charge in [-0.3, -0.25) is 0 Å². The minimum Gasteiger partial charge on any atom is -0.494 e. The first-order valence-corrected chi connectivity index (χ1v) is 7.26. The van der Waals surface area contributed by atoms with E-state index in [-0.39, 0.29) is 5.82 Å². The van der Waals surface area contributed by atoms with Gasteiger partial charge in [0.2, 0.25) is 0 Å². The van der Waals surface area contributed by atoms with Crippen LogP contribution in [0, 0.1) is 12.7 Å². The maximum absolute atomic E-state index is 13.3. The van der Waals surface area contributed by atoms with Gasteiger partial charge in [0.15, 0.2) is 0 Å². The van der Waals surface area contributed by atoms with Crippen molar-refractivity contribution < 1.29 is 14.2 Å². The summed E-state index contributed by atoms with van der Waals surface area (Å²) >= 11 is 0. The van der Waals surface area contributed by atoms with Gasteiger partial charge in [-0.1, -0.05) is 25.1 Å². The molecular formula is C18H21FO2. The third kappa shape index (κ3) is 4.30. The Bertz CT molecular complexity index is 596. The van der Waals surface area contributed by atoms with E-state index in [2.05, 4.69) is 0 Å². The fraction of sp³-hybridized carbons (Fsp3) is 0.333. The third-order valence-corrected chi connectivity index (χ3v) is 3.44. The maximum atomic E-state index is 13.3. The third-order valence-electron chi connectivity index (χ3n) is 3.44. The first-order chi connectivity index (χ1) is 10.1. The molecule has 2 rings (SSSR count). The maximum Gasteiger partial charge on any atom is 0.123 e. The highest BCUT2D eigenvalue weighted by molar-refractivity contribution is 5.33. The zero-order valence-electron chi connectivity index (χ0n) is 12.5. The standard InChI is InChI=1S/C18H21FO2/c1-3-9-21-17-6-4-5-14(11-17)18(20)12-15-10-16(19)8-7-13(15)2/h4-8,10-11,18,20H,3,9,12H2,1-2H3.